The van der Waals surface area contributed by atoms with Crippen molar-refractivity contribution < 1.29 is 14.5 Å². The summed E-state index contributed by atoms with van der Waals surface area (Å²) >= 11 is 5.95. The highest BCUT2D eigenvalue weighted by molar-refractivity contribution is 6.35. The monoisotopic (exact) mass is 312 g/mol. The number of nitro groups is 1. The van der Waals surface area contributed by atoms with E-state index in [1.807, 2.05) is 6.92 Å². The topological polar surface area (TPSA) is 81.5 Å². The number of nitro benzene ring substituents is 1. The van der Waals surface area contributed by atoms with Gasteiger partial charge in [-0.3, -0.25) is 14.9 Å². The van der Waals surface area contributed by atoms with Crippen molar-refractivity contribution >= 4 is 23.2 Å². The second kappa shape index (κ2) is 6.87. The lowest BCUT2D eigenvalue weighted by molar-refractivity contribution is -0.384. The Bertz CT molecular complexity index is 544. The summed E-state index contributed by atoms with van der Waals surface area (Å²) in [4.78, 5) is 22.5. The van der Waals surface area contributed by atoms with Crippen LogP contribution in [0.2, 0.25) is 5.02 Å². The molecule has 6 nitrogen and oxygen atoms in total. The van der Waals surface area contributed by atoms with Crippen LogP contribution in [0.3, 0.4) is 0 Å². The first-order valence-corrected chi connectivity index (χ1v) is 7.20. The average molecular weight is 313 g/mol. The number of amides is 1. The van der Waals surface area contributed by atoms with Crippen LogP contribution in [-0.4, -0.2) is 30.1 Å². The number of carbonyl (C=O) groups is 1. The smallest absolute Gasteiger partial charge is 0.288 e. The van der Waals surface area contributed by atoms with Gasteiger partial charge in [0.15, 0.2) is 0 Å². The van der Waals surface area contributed by atoms with E-state index in [1.54, 1.807) is 0 Å². The van der Waals surface area contributed by atoms with Gasteiger partial charge in [0.05, 0.1) is 10.5 Å². The molecule has 0 saturated carbocycles. The van der Waals surface area contributed by atoms with Gasteiger partial charge in [0.2, 0.25) is 0 Å². The summed E-state index contributed by atoms with van der Waals surface area (Å²) in [5.41, 5.74) is -0.132. The second-order valence-corrected chi connectivity index (χ2v) is 5.49. The molecular formula is C14H17ClN2O4. The van der Waals surface area contributed by atoms with Crippen LogP contribution in [0.4, 0.5) is 5.69 Å². The normalized spacial score (nSPS) is 17.2. The number of carbonyl (C=O) groups excluding carboxylic acids is 1. The molecule has 21 heavy (non-hydrogen) atoms. The zero-order valence-electron chi connectivity index (χ0n) is 11.7. The number of halogens is 1. The molecule has 114 valence electrons. The van der Waals surface area contributed by atoms with Crippen LogP contribution in [0.1, 0.15) is 30.1 Å². The lowest BCUT2D eigenvalue weighted by Gasteiger charge is -2.28. The van der Waals surface area contributed by atoms with Gasteiger partial charge in [-0.15, -0.1) is 0 Å². The van der Waals surface area contributed by atoms with Crippen LogP contribution >= 0.6 is 11.6 Å². The van der Waals surface area contributed by atoms with Gasteiger partial charge in [0, 0.05) is 25.3 Å². The standard InChI is InChI=1S/C14H17ClN2O4/c1-9(10-5-7-21-8-6-10)16-14(18)11-3-2-4-12(13(11)15)17(19)20/h2-4,9-10H,5-8H2,1H3,(H,16,18). The fraction of sp³-hybridized carbons (Fsp3) is 0.500. The molecule has 0 aromatic heterocycles. The third kappa shape index (κ3) is 3.71. The molecule has 1 heterocycles. The Hall–Kier alpha value is -1.66. The van der Waals surface area contributed by atoms with E-state index < -0.39 is 4.92 Å². The summed E-state index contributed by atoms with van der Waals surface area (Å²) in [7, 11) is 0. The summed E-state index contributed by atoms with van der Waals surface area (Å²) in [6.45, 7) is 3.32. The molecular weight excluding hydrogens is 296 g/mol. The number of hydrogen-bond acceptors (Lipinski definition) is 4. The molecule has 1 fully saturated rings. The molecule has 1 unspecified atom stereocenters. The summed E-state index contributed by atoms with van der Waals surface area (Å²) < 4.78 is 5.29. The first-order valence-electron chi connectivity index (χ1n) is 6.82. The van der Waals surface area contributed by atoms with Gasteiger partial charge in [0.25, 0.3) is 11.6 Å². The molecule has 0 spiro atoms. The van der Waals surface area contributed by atoms with Gasteiger partial charge in [-0.25, -0.2) is 0 Å². The lowest BCUT2D eigenvalue weighted by atomic mass is 9.93. The van der Waals surface area contributed by atoms with Gasteiger partial charge in [-0.2, -0.15) is 0 Å². The maximum atomic E-state index is 12.2. The Balaban J connectivity index is 2.09. The minimum atomic E-state index is -0.596. The zero-order valence-corrected chi connectivity index (χ0v) is 12.4. The molecule has 1 aromatic rings. The third-order valence-corrected chi connectivity index (χ3v) is 4.15. The number of ether oxygens (including phenoxy) is 1. The Morgan fingerprint density at radius 1 is 1.48 bits per heavy atom. The second-order valence-electron chi connectivity index (χ2n) is 5.11. The van der Waals surface area contributed by atoms with E-state index >= 15 is 0 Å². The fourth-order valence-electron chi connectivity index (χ4n) is 2.45. The molecule has 1 saturated heterocycles. The van der Waals surface area contributed by atoms with Crippen molar-refractivity contribution in [2.24, 2.45) is 5.92 Å². The van der Waals surface area contributed by atoms with Gasteiger partial charge in [-0.1, -0.05) is 17.7 Å². The van der Waals surface area contributed by atoms with E-state index in [2.05, 4.69) is 5.32 Å². The van der Waals surface area contributed by atoms with Crippen molar-refractivity contribution in [3.8, 4) is 0 Å². The van der Waals surface area contributed by atoms with Gasteiger partial charge >= 0.3 is 0 Å². The molecule has 1 N–H and O–H groups in total. The molecule has 1 aliphatic rings. The maximum Gasteiger partial charge on any atom is 0.288 e. The minimum Gasteiger partial charge on any atom is -0.381 e. The Labute approximate surface area is 127 Å². The van der Waals surface area contributed by atoms with Gasteiger partial charge < -0.3 is 10.1 Å². The van der Waals surface area contributed by atoms with Crippen LogP contribution in [-0.2, 0) is 4.74 Å². The molecule has 1 atom stereocenters. The molecule has 0 radical (unpaired) electrons. The first kappa shape index (κ1) is 15.7. The summed E-state index contributed by atoms with van der Waals surface area (Å²) in [5.74, 6) is -0.0390. The van der Waals surface area contributed by atoms with Crippen molar-refractivity contribution in [1.29, 1.82) is 0 Å². The zero-order chi connectivity index (χ0) is 15.4. The van der Waals surface area contributed by atoms with E-state index in [0.717, 1.165) is 12.8 Å². The Kier molecular flexibility index (Phi) is 5.14. The van der Waals surface area contributed by atoms with Crippen molar-refractivity contribution in [2.45, 2.75) is 25.8 Å². The molecule has 2 rings (SSSR count). The molecule has 1 aromatic carbocycles. The molecule has 0 aliphatic carbocycles. The molecule has 7 heteroatoms. The lowest BCUT2D eigenvalue weighted by Crippen LogP contribution is -2.40. The number of rotatable bonds is 4. The Morgan fingerprint density at radius 3 is 2.76 bits per heavy atom. The van der Waals surface area contributed by atoms with Gasteiger partial charge in [0.1, 0.15) is 5.02 Å². The van der Waals surface area contributed by atoms with Crippen molar-refractivity contribution in [1.82, 2.24) is 5.32 Å². The van der Waals surface area contributed by atoms with Crippen molar-refractivity contribution in [2.75, 3.05) is 13.2 Å². The average Bonchev–Trinajstić information content (AvgIpc) is 2.47. The van der Waals surface area contributed by atoms with E-state index in [4.69, 9.17) is 16.3 Å². The highest BCUT2D eigenvalue weighted by Crippen LogP contribution is 2.28. The Morgan fingerprint density at radius 2 is 2.14 bits per heavy atom. The minimum absolute atomic E-state index is 0.0308. The summed E-state index contributed by atoms with van der Waals surface area (Å²) in [6, 6.07) is 4.19. The third-order valence-electron chi connectivity index (χ3n) is 3.75. The summed E-state index contributed by atoms with van der Waals surface area (Å²) in [6.07, 6.45) is 1.79. The molecule has 1 amide bonds. The van der Waals surface area contributed by atoms with Crippen LogP contribution in [0.15, 0.2) is 18.2 Å². The fourth-order valence-corrected chi connectivity index (χ4v) is 2.74. The van der Waals surface area contributed by atoms with Crippen LogP contribution < -0.4 is 5.32 Å². The predicted octanol–water partition coefficient (Wildman–Crippen LogP) is 2.79. The number of hydrogen-bond donors (Lipinski definition) is 1. The quantitative estimate of drug-likeness (QED) is 0.684. The molecule has 1 aliphatic heterocycles. The van der Waals surface area contributed by atoms with E-state index in [9.17, 15) is 14.9 Å². The van der Waals surface area contributed by atoms with Crippen LogP contribution in [0.25, 0.3) is 0 Å². The van der Waals surface area contributed by atoms with E-state index in [0.29, 0.717) is 19.1 Å². The maximum absolute atomic E-state index is 12.2. The number of nitrogens with zero attached hydrogens (tertiary/aromatic N) is 1. The predicted molar refractivity (Wildman–Crippen MR) is 78.6 cm³/mol. The number of benzene rings is 1. The van der Waals surface area contributed by atoms with Crippen molar-refractivity contribution in [3.05, 3.63) is 38.9 Å². The summed E-state index contributed by atoms with van der Waals surface area (Å²) in [5, 5.41) is 13.6. The highest BCUT2D eigenvalue weighted by atomic mass is 35.5. The van der Waals surface area contributed by atoms with E-state index in [1.165, 1.54) is 18.2 Å². The van der Waals surface area contributed by atoms with Gasteiger partial charge in [-0.05, 0) is 31.7 Å². The van der Waals surface area contributed by atoms with Crippen LogP contribution in [0, 0.1) is 16.0 Å². The number of nitrogens with one attached hydrogen (secondary N) is 1. The van der Waals surface area contributed by atoms with Crippen molar-refractivity contribution in [3.63, 3.8) is 0 Å². The molecule has 0 bridgehead atoms. The first-order chi connectivity index (χ1) is 10.0. The van der Waals surface area contributed by atoms with E-state index in [-0.39, 0.29) is 28.2 Å². The largest absolute Gasteiger partial charge is 0.381 e. The van der Waals surface area contributed by atoms with Crippen LogP contribution in [0.5, 0.6) is 0 Å². The SMILES string of the molecule is CC(NC(=O)c1cccc([N+](=O)[O-])c1Cl)C1CCOCC1. The highest BCUT2D eigenvalue weighted by Gasteiger charge is 2.25.